The molecule has 0 saturated heterocycles. The van der Waals surface area contributed by atoms with E-state index in [0.29, 0.717) is 25.7 Å². The van der Waals surface area contributed by atoms with Crippen molar-refractivity contribution in [1.82, 2.24) is 0 Å². The van der Waals surface area contributed by atoms with Gasteiger partial charge in [-0.25, -0.2) is 4.57 Å². The fraction of sp³-hybridized carbons (Fsp3) is 0.889. The summed E-state index contributed by atoms with van der Waals surface area (Å²) in [5, 5.41) is 20.3. The predicted octanol–water partition coefficient (Wildman–Crippen LogP) is 8.48. The second kappa shape index (κ2) is 30.7. The van der Waals surface area contributed by atoms with Gasteiger partial charge in [-0.05, 0) is 44.4 Å². The molecule has 0 heterocycles. The van der Waals surface area contributed by atoms with Crippen LogP contribution in [0.3, 0.4) is 0 Å². The van der Waals surface area contributed by atoms with Gasteiger partial charge in [0, 0.05) is 12.8 Å². The van der Waals surface area contributed by atoms with Crippen LogP contribution in [0.4, 0.5) is 0 Å². The Hall–Kier alpha value is -1.29. The standard InChI is InChI=1S/C36H69O10P/c1-4-6-7-8-15-20-25-33(37)34(38)26-21-16-13-18-22-27-35(39)44-29-32(30-45-47(41,42)43)46-36(40)28-23-17-12-10-9-11-14-19-24-31(3)5-2/h15,20,31-34,37-38H,4-14,16-19,21-30H2,1-3H3,(H2,41,42,43)/b20-15-/t31?,32-,33-,34-/m1/s1. The van der Waals surface area contributed by atoms with E-state index in [-0.39, 0.29) is 19.4 Å². The van der Waals surface area contributed by atoms with Crippen molar-refractivity contribution >= 4 is 19.8 Å². The van der Waals surface area contributed by atoms with E-state index in [1.807, 2.05) is 6.08 Å². The van der Waals surface area contributed by atoms with E-state index in [4.69, 9.17) is 19.3 Å². The van der Waals surface area contributed by atoms with Gasteiger partial charge < -0.3 is 29.5 Å². The van der Waals surface area contributed by atoms with Crippen LogP contribution >= 0.6 is 7.82 Å². The van der Waals surface area contributed by atoms with Crippen LogP contribution in [0.25, 0.3) is 0 Å². The largest absolute Gasteiger partial charge is 0.469 e. The third kappa shape index (κ3) is 31.7. The lowest BCUT2D eigenvalue weighted by Gasteiger charge is -2.18. The molecule has 4 N–H and O–H groups in total. The third-order valence-electron chi connectivity index (χ3n) is 8.53. The molecule has 278 valence electrons. The van der Waals surface area contributed by atoms with Gasteiger partial charge in [0.05, 0.1) is 18.8 Å². The number of unbranched alkanes of at least 4 members (excludes halogenated alkanes) is 14. The van der Waals surface area contributed by atoms with Crippen LogP contribution in [0.5, 0.6) is 0 Å². The quantitative estimate of drug-likeness (QED) is 0.0227. The van der Waals surface area contributed by atoms with Gasteiger partial charge in [-0.3, -0.25) is 14.1 Å². The summed E-state index contributed by atoms with van der Waals surface area (Å²) in [4.78, 5) is 42.6. The van der Waals surface area contributed by atoms with Crippen LogP contribution < -0.4 is 0 Å². The molecule has 47 heavy (non-hydrogen) atoms. The second-order valence-electron chi connectivity index (χ2n) is 13.1. The maximum Gasteiger partial charge on any atom is 0.469 e. The van der Waals surface area contributed by atoms with Crippen LogP contribution in [0.2, 0.25) is 0 Å². The maximum atomic E-state index is 12.3. The molecular formula is C36H69O10P. The van der Waals surface area contributed by atoms with E-state index in [0.717, 1.165) is 63.7 Å². The highest BCUT2D eigenvalue weighted by molar-refractivity contribution is 7.46. The van der Waals surface area contributed by atoms with Crippen molar-refractivity contribution < 1.29 is 48.2 Å². The lowest BCUT2D eigenvalue weighted by atomic mass is 9.99. The van der Waals surface area contributed by atoms with E-state index in [1.165, 1.54) is 51.4 Å². The minimum atomic E-state index is -4.78. The molecule has 0 aromatic heterocycles. The monoisotopic (exact) mass is 692 g/mol. The number of allylic oxidation sites excluding steroid dienone is 1. The SMILES string of the molecule is CCCCC/C=C\C[C@@H](O)[C@H](O)CCCCCCCC(=O)OC[C@H](COP(=O)(O)O)OC(=O)CCCCCCCCCCC(C)CC. The van der Waals surface area contributed by atoms with Crippen LogP contribution in [0.15, 0.2) is 12.2 Å². The first-order valence-electron chi connectivity index (χ1n) is 18.5. The van der Waals surface area contributed by atoms with Gasteiger partial charge in [0.1, 0.15) is 6.61 Å². The number of carbonyl (C=O) groups is 2. The van der Waals surface area contributed by atoms with Gasteiger partial charge in [-0.15, -0.1) is 0 Å². The number of aliphatic hydroxyl groups excluding tert-OH is 2. The van der Waals surface area contributed by atoms with Gasteiger partial charge in [-0.1, -0.05) is 129 Å². The first kappa shape index (κ1) is 45.7. The number of aliphatic hydroxyl groups is 2. The molecule has 0 aromatic rings. The van der Waals surface area contributed by atoms with Crippen LogP contribution in [-0.2, 0) is 28.2 Å². The fourth-order valence-corrected chi connectivity index (χ4v) is 5.55. The predicted molar refractivity (Wildman–Crippen MR) is 187 cm³/mol. The summed E-state index contributed by atoms with van der Waals surface area (Å²) in [5.41, 5.74) is 0. The number of phosphoric acid groups is 1. The summed E-state index contributed by atoms with van der Waals surface area (Å²) in [7, 11) is -4.78. The van der Waals surface area contributed by atoms with Crippen molar-refractivity contribution in [2.24, 2.45) is 5.92 Å². The minimum absolute atomic E-state index is 0.170. The Kier molecular flexibility index (Phi) is 29.9. The Balaban J connectivity index is 4.11. The number of phosphoric ester groups is 1. The number of rotatable bonds is 33. The molecule has 0 aliphatic carbocycles. The summed E-state index contributed by atoms with van der Waals surface area (Å²) in [6.07, 6.45) is 22.5. The molecule has 1 unspecified atom stereocenters. The Morgan fingerprint density at radius 1 is 0.681 bits per heavy atom. The molecule has 4 atom stereocenters. The molecule has 0 amide bonds. The number of ether oxygens (including phenoxy) is 2. The summed E-state index contributed by atoms with van der Waals surface area (Å²) in [5.74, 6) is -0.186. The molecule has 0 bridgehead atoms. The van der Waals surface area contributed by atoms with Crippen LogP contribution in [0.1, 0.15) is 168 Å². The molecule has 0 aromatic carbocycles. The molecule has 0 aliphatic rings. The topological polar surface area (TPSA) is 160 Å². The molecule has 0 saturated carbocycles. The van der Waals surface area contributed by atoms with E-state index < -0.39 is 44.7 Å². The number of carbonyl (C=O) groups excluding carboxylic acids is 2. The van der Waals surface area contributed by atoms with Crippen molar-refractivity contribution in [2.75, 3.05) is 13.2 Å². The van der Waals surface area contributed by atoms with Gasteiger partial charge in [0.15, 0.2) is 6.10 Å². The fourth-order valence-electron chi connectivity index (χ4n) is 5.19. The molecular weight excluding hydrogens is 623 g/mol. The van der Waals surface area contributed by atoms with Crippen molar-refractivity contribution in [1.29, 1.82) is 0 Å². The van der Waals surface area contributed by atoms with Gasteiger partial charge >= 0.3 is 19.8 Å². The molecule has 10 nitrogen and oxygen atoms in total. The Labute approximate surface area is 285 Å². The Bertz CT molecular complexity index is 831. The van der Waals surface area contributed by atoms with E-state index in [1.54, 1.807) is 0 Å². The zero-order valence-electron chi connectivity index (χ0n) is 29.8. The summed E-state index contributed by atoms with van der Waals surface area (Å²) in [6, 6.07) is 0. The van der Waals surface area contributed by atoms with Crippen molar-refractivity contribution in [3.05, 3.63) is 12.2 Å². The molecule has 0 rings (SSSR count). The lowest BCUT2D eigenvalue weighted by Crippen LogP contribution is -2.29. The number of esters is 2. The summed E-state index contributed by atoms with van der Waals surface area (Å²) in [6.45, 7) is 5.79. The second-order valence-corrected chi connectivity index (χ2v) is 14.3. The summed E-state index contributed by atoms with van der Waals surface area (Å²) < 4.78 is 26.2. The van der Waals surface area contributed by atoms with Crippen LogP contribution in [-0.4, -0.2) is 63.5 Å². The third-order valence-corrected chi connectivity index (χ3v) is 9.01. The molecule has 0 aliphatic heterocycles. The van der Waals surface area contributed by atoms with Crippen LogP contribution in [0, 0.1) is 5.92 Å². The van der Waals surface area contributed by atoms with E-state index >= 15 is 0 Å². The average Bonchev–Trinajstić information content (AvgIpc) is 3.03. The first-order valence-corrected chi connectivity index (χ1v) is 20.1. The van der Waals surface area contributed by atoms with E-state index in [9.17, 15) is 24.4 Å². The van der Waals surface area contributed by atoms with Crippen molar-refractivity contribution in [3.8, 4) is 0 Å². The smallest absolute Gasteiger partial charge is 0.462 e. The normalized spacial score (nSPS) is 14.6. The zero-order valence-corrected chi connectivity index (χ0v) is 30.7. The summed E-state index contributed by atoms with van der Waals surface area (Å²) >= 11 is 0. The molecule has 0 radical (unpaired) electrons. The lowest BCUT2D eigenvalue weighted by molar-refractivity contribution is -0.161. The first-order chi connectivity index (χ1) is 22.5. The van der Waals surface area contributed by atoms with Gasteiger partial charge in [0.2, 0.25) is 0 Å². The average molecular weight is 693 g/mol. The number of hydrogen-bond acceptors (Lipinski definition) is 8. The number of hydrogen-bond donors (Lipinski definition) is 4. The molecule has 0 fully saturated rings. The zero-order chi connectivity index (χ0) is 35.2. The highest BCUT2D eigenvalue weighted by Crippen LogP contribution is 2.36. The Morgan fingerprint density at radius 3 is 1.81 bits per heavy atom. The van der Waals surface area contributed by atoms with Gasteiger partial charge in [-0.2, -0.15) is 0 Å². The van der Waals surface area contributed by atoms with E-state index in [2.05, 4.69) is 31.4 Å². The van der Waals surface area contributed by atoms with Crippen molar-refractivity contribution in [2.45, 2.75) is 187 Å². The highest BCUT2D eigenvalue weighted by atomic mass is 31.2. The minimum Gasteiger partial charge on any atom is -0.462 e. The maximum absolute atomic E-state index is 12.3. The molecule has 11 heteroatoms. The van der Waals surface area contributed by atoms with Gasteiger partial charge in [0.25, 0.3) is 0 Å². The van der Waals surface area contributed by atoms with Crippen molar-refractivity contribution in [3.63, 3.8) is 0 Å². The molecule has 0 spiro atoms. The Morgan fingerprint density at radius 2 is 1.23 bits per heavy atom. The highest BCUT2D eigenvalue weighted by Gasteiger charge is 2.23.